The topological polar surface area (TPSA) is 88.8 Å². The van der Waals surface area contributed by atoms with Crippen LogP contribution in [0.25, 0.3) is 11.5 Å². The number of likely N-dealkylation sites (N-methyl/N-ethyl adjacent to an activating group) is 1. The van der Waals surface area contributed by atoms with Crippen LogP contribution in [-0.2, 0) is 17.8 Å². The average Bonchev–Trinajstić information content (AvgIpc) is 3.08. The SMILES string of the molecule is CCc1cc(Nc2cnn(CC(=O)N(C)C)c2)nc(-c2ccccn2)n1. The average molecular weight is 351 g/mol. The predicted octanol–water partition coefficient (Wildman–Crippen LogP) is 2.13. The molecule has 0 fully saturated rings. The van der Waals surface area contributed by atoms with Gasteiger partial charge in [-0.15, -0.1) is 0 Å². The molecule has 1 N–H and O–H groups in total. The first-order chi connectivity index (χ1) is 12.5. The Labute approximate surface area is 151 Å². The Bertz CT molecular complexity index is 890. The standard InChI is InChI=1S/C18H21N7O/c1-4-13-9-16(23-18(22-13)15-7-5-6-8-19-15)21-14-10-20-25(11-14)12-17(26)24(2)3/h5-11H,4,12H2,1-3H3,(H,21,22,23). The van der Waals surface area contributed by atoms with Crippen LogP contribution in [0, 0.1) is 0 Å². The lowest BCUT2D eigenvalue weighted by atomic mass is 10.2. The molecule has 0 aliphatic carbocycles. The number of nitrogens with one attached hydrogen (secondary N) is 1. The number of carbonyl (C=O) groups is 1. The lowest BCUT2D eigenvalue weighted by Crippen LogP contribution is -2.26. The van der Waals surface area contributed by atoms with Crippen LogP contribution in [0.5, 0.6) is 0 Å². The van der Waals surface area contributed by atoms with Gasteiger partial charge in [-0.1, -0.05) is 13.0 Å². The van der Waals surface area contributed by atoms with Crippen LogP contribution in [0.3, 0.4) is 0 Å². The van der Waals surface area contributed by atoms with E-state index in [2.05, 4.69) is 25.4 Å². The Balaban J connectivity index is 1.82. The molecule has 0 atom stereocenters. The summed E-state index contributed by atoms with van der Waals surface area (Å²) in [6.45, 7) is 2.23. The van der Waals surface area contributed by atoms with Crippen LogP contribution in [0.2, 0.25) is 0 Å². The summed E-state index contributed by atoms with van der Waals surface area (Å²) >= 11 is 0. The van der Waals surface area contributed by atoms with Gasteiger partial charge in [0.1, 0.15) is 18.1 Å². The first kappa shape index (κ1) is 17.5. The van der Waals surface area contributed by atoms with Crippen LogP contribution < -0.4 is 5.32 Å². The van der Waals surface area contributed by atoms with Gasteiger partial charge in [0.2, 0.25) is 5.91 Å². The number of carbonyl (C=O) groups excluding carboxylic acids is 1. The zero-order valence-electron chi connectivity index (χ0n) is 15.0. The first-order valence-electron chi connectivity index (χ1n) is 8.34. The molecule has 0 aliphatic rings. The van der Waals surface area contributed by atoms with E-state index >= 15 is 0 Å². The van der Waals surface area contributed by atoms with Crippen LogP contribution in [-0.4, -0.2) is 49.6 Å². The van der Waals surface area contributed by atoms with Crippen molar-refractivity contribution in [3.63, 3.8) is 0 Å². The van der Waals surface area contributed by atoms with Crippen molar-refractivity contribution in [1.82, 2.24) is 29.6 Å². The van der Waals surface area contributed by atoms with Crippen molar-refractivity contribution in [2.75, 3.05) is 19.4 Å². The lowest BCUT2D eigenvalue weighted by molar-refractivity contribution is -0.129. The highest BCUT2D eigenvalue weighted by atomic mass is 16.2. The largest absolute Gasteiger partial charge is 0.347 e. The van der Waals surface area contributed by atoms with E-state index in [1.165, 1.54) is 4.90 Å². The molecule has 1 amide bonds. The monoisotopic (exact) mass is 351 g/mol. The Hall–Kier alpha value is -3.29. The molecule has 0 saturated carbocycles. The highest BCUT2D eigenvalue weighted by Gasteiger charge is 2.10. The van der Waals surface area contributed by atoms with Crippen molar-refractivity contribution in [3.05, 3.63) is 48.5 Å². The van der Waals surface area contributed by atoms with E-state index in [1.807, 2.05) is 31.2 Å². The van der Waals surface area contributed by atoms with Crippen molar-refractivity contribution < 1.29 is 4.79 Å². The van der Waals surface area contributed by atoms with Crippen LogP contribution in [0.4, 0.5) is 11.5 Å². The van der Waals surface area contributed by atoms with Gasteiger partial charge >= 0.3 is 0 Å². The summed E-state index contributed by atoms with van der Waals surface area (Å²) in [5.74, 6) is 1.21. The lowest BCUT2D eigenvalue weighted by Gasteiger charge is -2.09. The fraction of sp³-hybridized carbons (Fsp3) is 0.278. The molecule has 0 bridgehead atoms. The number of hydrogen-bond donors (Lipinski definition) is 1. The number of aryl methyl sites for hydroxylation is 1. The molecule has 26 heavy (non-hydrogen) atoms. The van der Waals surface area contributed by atoms with Gasteiger partial charge in [-0.2, -0.15) is 5.10 Å². The van der Waals surface area contributed by atoms with Crippen molar-refractivity contribution in [3.8, 4) is 11.5 Å². The molecule has 3 heterocycles. The second kappa shape index (κ2) is 7.73. The maximum Gasteiger partial charge on any atom is 0.243 e. The molecule has 8 nitrogen and oxygen atoms in total. The molecule has 3 aromatic heterocycles. The molecular formula is C18H21N7O. The van der Waals surface area contributed by atoms with Gasteiger partial charge in [-0.25, -0.2) is 9.97 Å². The second-order valence-corrected chi connectivity index (χ2v) is 5.98. The summed E-state index contributed by atoms with van der Waals surface area (Å²) in [5.41, 5.74) is 2.39. The number of aromatic nitrogens is 5. The van der Waals surface area contributed by atoms with Crippen molar-refractivity contribution in [1.29, 1.82) is 0 Å². The van der Waals surface area contributed by atoms with Gasteiger partial charge in [0, 0.05) is 38.2 Å². The van der Waals surface area contributed by atoms with E-state index < -0.39 is 0 Å². The molecule has 0 saturated heterocycles. The van der Waals surface area contributed by atoms with Crippen LogP contribution in [0.1, 0.15) is 12.6 Å². The normalized spacial score (nSPS) is 10.6. The van der Waals surface area contributed by atoms with Gasteiger partial charge < -0.3 is 10.2 Å². The predicted molar refractivity (Wildman–Crippen MR) is 98.8 cm³/mol. The fourth-order valence-corrected chi connectivity index (χ4v) is 2.29. The summed E-state index contributed by atoms with van der Waals surface area (Å²) in [6, 6.07) is 7.54. The Kier molecular flexibility index (Phi) is 5.21. The van der Waals surface area contributed by atoms with Gasteiger partial charge in [0.15, 0.2) is 5.82 Å². The Morgan fingerprint density at radius 1 is 1.27 bits per heavy atom. The molecule has 0 spiro atoms. The minimum atomic E-state index is -0.0209. The zero-order chi connectivity index (χ0) is 18.5. The number of hydrogen-bond acceptors (Lipinski definition) is 6. The molecule has 0 radical (unpaired) electrons. The molecule has 8 heteroatoms. The second-order valence-electron chi connectivity index (χ2n) is 5.98. The third kappa shape index (κ3) is 4.21. The molecule has 0 aromatic carbocycles. The number of anilines is 2. The summed E-state index contributed by atoms with van der Waals surface area (Å²) in [4.78, 5) is 26.7. The van der Waals surface area contributed by atoms with E-state index in [4.69, 9.17) is 0 Å². The van der Waals surface area contributed by atoms with Crippen molar-refractivity contribution >= 4 is 17.4 Å². The fourth-order valence-electron chi connectivity index (χ4n) is 2.29. The van der Waals surface area contributed by atoms with Crippen LogP contribution in [0.15, 0.2) is 42.9 Å². The van der Waals surface area contributed by atoms with Gasteiger partial charge in [0.05, 0.1) is 11.9 Å². The van der Waals surface area contributed by atoms with Crippen LogP contribution >= 0.6 is 0 Å². The third-order valence-electron chi connectivity index (χ3n) is 3.74. The summed E-state index contributed by atoms with van der Waals surface area (Å²) in [7, 11) is 3.44. The van der Waals surface area contributed by atoms with E-state index in [-0.39, 0.29) is 12.5 Å². The van der Waals surface area contributed by atoms with Crippen molar-refractivity contribution in [2.24, 2.45) is 0 Å². The highest BCUT2D eigenvalue weighted by molar-refractivity contribution is 5.75. The maximum atomic E-state index is 11.8. The number of pyridine rings is 1. The molecule has 3 rings (SSSR count). The van der Waals surface area contributed by atoms with Gasteiger partial charge in [-0.05, 0) is 18.6 Å². The Morgan fingerprint density at radius 2 is 2.12 bits per heavy atom. The maximum absolute atomic E-state index is 11.8. The van der Waals surface area contributed by atoms with E-state index in [0.29, 0.717) is 11.6 Å². The summed E-state index contributed by atoms with van der Waals surface area (Å²) in [6.07, 6.45) is 5.94. The highest BCUT2D eigenvalue weighted by Crippen LogP contribution is 2.19. The number of amides is 1. The minimum absolute atomic E-state index is 0.0209. The van der Waals surface area contributed by atoms with E-state index in [1.54, 1.807) is 37.4 Å². The quantitative estimate of drug-likeness (QED) is 0.732. The van der Waals surface area contributed by atoms with E-state index in [0.717, 1.165) is 23.5 Å². The minimum Gasteiger partial charge on any atom is -0.347 e. The molecule has 0 unspecified atom stereocenters. The molecule has 134 valence electrons. The summed E-state index contributed by atoms with van der Waals surface area (Å²) in [5, 5.41) is 7.43. The van der Waals surface area contributed by atoms with Crippen molar-refractivity contribution in [2.45, 2.75) is 19.9 Å². The smallest absolute Gasteiger partial charge is 0.243 e. The molecule has 0 aliphatic heterocycles. The van der Waals surface area contributed by atoms with Gasteiger partial charge in [-0.3, -0.25) is 14.5 Å². The Morgan fingerprint density at radius 3 is 2.81 bits per heavy atom. The number of rotatable bonds is 6. The third-order valence-corrected chi connectivity index (χ3v) is 3.74. The number of nitrogens with zero attached hydrogens (tertiary/aromatic N) is 6. The summed E-state index contributed by atoms with van der Waals surface area (Å²) < 4.78 is 1.59. The molecule has 3 aromatic rings. The van der Waals surface area contributed by atoms with E-state index in [9.17, 15) is 4.79 Å². The molecular weight excluding hydrogens is 330 g/mol. The first-order valence-corrected chi connectivity index (χ1v) is 8.34. The zero-order valence-corrected chi connectivity index (χ0v) is 15.0. The van der Waals surface area contributed by atoms with Gasteiger partial charge in [0.25, 0.3) is 0 Å².